The zero-order valence-corrected chi connectivity index (χ0v) is 24.3. The van der Waals surface area contributed by atoms with Gasteiger partial charge in [-0.1, -0.05) is 40.2 Å². The van der Waals surface area contributed by atoms with E-state index in [4.69, 9.17) is 20.9 Å². The van der Waals surface area contributed by atoms with Crippen molar-refractivity contribution in [2.75, 3.05) is 24.6 Å². The zero-order valence-electron chi connectivity index (χ0n) is 22.7. The number of fused-ring (bicyclic) bond motifs is 1. The highest BCUT2D eigenvalue weighted by molar-refractivity contribution is 7.22. The first-order chi connectivity index (χ1) is 20.3. The molecule has 1 aliphatic carbocycles. The number of nitrogens with zero attached hydrogens (tertiary/aromatic N) is 3. The van der Waals surface area contributed by atoms with Gasteiger partial charge in [-0.2, -0.15) is 13.2 Å². The summed E-state index contributed by atoms with van der Waals surface area (Å²) in [7, 11) is 0. The Hall–Kier alpha value is -3.29. The molecule has 2 aliphatic rings. The summed E-state index contributed by atoms with van der Waals surface area (Å²) in [4.78, 5) is 17.4. The third kappa shape index (κ3) is 5.82. The Balaban J connectivity index is 1.15. The fraction of sp³-hybridized carbons (Fsp3) is 0.414. The molecule has 6 rings (SSSR count). The number of carboxylic acid groups (broad SMARTS) is 1. The van der Waals surface area contributed by atoms with Crippen molar-refractivity contribution in [2.45, 2.75) is 50.6 Å². The van der Waals surface area contributed by atoms with E-state index in [2.05, 4.69) is 10.1 Å². The van der Waals surface area contributed by atoms with Crippen LogP contribution in [0.5, 0.6) is 0 Å². The summed E-state index contributed by atoms with van der Waals surface area (Å²) in [5, 5.41) is 14.1. The molecule has 4 aromatic rings. The van der Waals surface area contributed by atoms with Crippen molar-refractivity contribution in [3.05, 3.63) is 63.6 Å². The van der Waals surface area contributed by atoms with Crippen molar-refractivity contribution in [1.82, 2.24) is 10.1 Å². The number of carboxylic acids is 1. The van der Waals surface area contributed by atoms with Crippen molar-refractivity contribution in [2.24, 2.45) is 5.92 Å². The molecule has 0 spiro atoms. The fourth-order valence-electron chi connectivity index (χ4n) is 5.54. The molecule has 1 saturated carbocycles. The predicted molar refractivity (Wildman–Crippen MR) is 150 cm³/mol. The SMILES string of the molecule is Cc1cccc(Cl)c1-c1noc(C2CC2C(F)(F)F)c1COCC1(F)CCN(c2nc3c(F)cc(C(=O)O)cc3s2)CC1. The molecule has 2 aromatic carbocycles. The highest BCUT2D eigenvalue weighted by atomic mass is 35.5. The molecule has 0 radical (unpaired) electrons. The van der Waals surface area contributed by atoms with Crippen LogP contribution < -0.4 is 4.90 Å². The maximum atomic E-state index is 15.8. The molecule has 43 heavy (non-hydrogen) atoms. The number of aromatic nitrogens is 2. The molecule has 2 atom stereocenters. The highest BCUT2D eigenvalue weighted by Crippen LogP contribution is 2.57. The van der Waals surface area contributed by atoms with Crippen LogP contribution >= 0.6 is 22.9 Å². The Morgan fingerprint density at radius 3 is 2.67 bits per heavy atom. The lowest BCUT2D eigenvalue weighted by Gasteiger charge is -2.36. The zero-order chi connectivity index (χ0) is 30.7. The molecule has 1 aliphatic heterocycles. The first kappa shape index (κ1) is 29.8. The van der Waals surface area contributed by atoms with E-state index in [1.165, 1.54) is 6.07 Å². The van der Waals surface area contributed by atoms with Crippen LogP contribution in [-0.4, -0.2) is 52.8 Å². The second-order valence-electron chi connectivity index (χ2n) is 11.0. The Kier molecular flexibility index (Phi) is 7.62. The van der Waals surface area contributed by atoms with Gasteiger partial charge in [0.2, 0.25) is 0 Å². The van der Waals surface area contributed by atoms with Crippen LogP contribution in [0.2, 0.25) is 5.02 Å². The number of thiazole rings is 1. The number of piperidine rings is 1. The average Bonchev–Trinajstić information content (AvgIpc) is 3.47. The molecule has 2 unspecified atom stereocenters. The van der Waals surface area contributed by atoms with Crippen LogP contribution in [0.4, 0.5) is 27.1 Å². The van der Waals surface area contributed by atoms with Crippen LogP contribution in [0.25, 0.3) is 21.5 Å². The van der Waals surface area contributed by atoms with Crippen LogP contribution in [-0.2, 0) is 11.3 Å². The van der Waals surface area contributed by atoms with E-state index in [-0.39, 0.29) is 68.1 Å². The molecule has 14 heteroatoms. The number of aryl methyl sites for hydroxylation is 1. The Morgan fingerprint density at radius 1 is 1.28 bits per heavy atom. The highest BCUT2D eigenvalue weighted by Gasteiger charge is 2.58. The van der Waals surface area contributed by atoms with E-state index in [1.807, 2.05) is 4.90 Å². The average molecular weight is 642 g/mol. The minimum Gasteiger partial charge on any atom is -0.478 e. The number of hydrogen-bond acceptors (Lipinski definition) is 7. The first-order valence-electron chi connectivity index (χ1n) is 13.5. The van der Waals surface area contributed by atoms with Crippen LogP contribution in [0.15, 0.2) is 34.9 Å². The topological polar surface area (TPSA) is 88.7 Å². The monoisotopic (exact) mass is 641 g/mol. The van der Waals surface area contributed by atoms with Crippen molar-refractivity contribution >= 4 is 44.3 Å². The number of ether oxygens (including phenoxy) is 1. The number of aromatic carboxylic acids is 1. The van der Waals surface area contributed by atoms with Crippen molar-refractivity contribution in [3.8, 4) is 11.3 Å². The third-order valence-corrected chi connectivity index (χ3v) is 9.42. The molecular weight excluding hydrogens is 617 g/mol. The molecule has 228 valence electrons. The molecule has 2 fully saturated rings. The molecule has 3 heterocycles. The number of carbonyl (C=O) groups is 1. The fourth-order valence-corrected chi connectivity index (χ4v) is 6.92. The Morgan fingerprint density at radius 2 is 2.02 bits per heavy atom. The van der Waals surface area contributed by atoms with Gasteiger partial charge >= 0.3 is 12.1 Å². The maximum Gasteiger partial charge on any atom is 0.392 e. The van der Waals surface area contributed by atoms with Gasteiger partial charge in [-0.15, -0.1) is 0 Å². The van der Waals surface area contributed by atoms with Gasteiger partial charge in [0.15, 0.2) is 10.9 Å². The summed E-state index contributed by atoms with van der Waals surface area (Å²) in [5.74, 6) is -4.34. The summed E-state index contributed by atoms with van der Waals surface area (Å²) < 4.78 is 82.0. The molecule has 1 N–H and O–H groups in total. The number of alkyl halides is 4. The Labute approximate surface area is 251 Å². The van der Waals surface area contributed by atoms with Gasteiger partial charge in [-0.3, -0.25) is 0 Å². The van der Waals surface area contributed by atoms with Gasteiger partial charge in [0, 0.05) is 43.0 Å². The van der Waals surface area contributed by atoms with Gasteiger partial charge in [0.25, 0.3) is 0 Å². The van der Waals surface area contributed by atoms with Crippen LogP contribution in [0, 0.1) is 18.7 Å². The minimum atomic E-state index is -4.37. The van der Waals surface area contributed by atoms with E-state index < -0.39 is 35.5 Å². The van der Waals surface area contributed by atoms with E-state index in [0.717, 1.165) is 23.0 Å². The quantitative estimate of drug-likeness (QED) is 0.195. The van der Waals surface area contributed by atoms with E-state index >= 15 is 4.39 Å². The largest absolute Gasteiger partial charge is 0.478 e. The standard InChI is InChI=1S/C29H25ClF5N3O4S/c1-14-3-2-4-19(30)22(14)23-17(25(42-37-23)16-11-18(16)29(33,34)35)12-41-13-28(32)5-7-38(8-6-28)27-36-24-20(31)9-15(26(39)40)10-21(24)43-27/h2-4,9-10,16,18H,5-8,11-13H2,1H3,(H,39,40). The Bertz CT molecular complexity index is 1680. The number of benzene rings is 2. The van der Waals surface area contributed by atoms with Crippen molar-refractivity contribution in [3.63, 3.8) is 0 Å². The second kappa shape index (κ2) is 11.0. The second-order valence-corrected chi connectivity index (χ2v) is 12.4. The van der Waals surface area contributed by atoms with Crippen molar-refractivity contribution < 1.29 is 41.1 Å². The summed E-state index contributed by atoms with van der Waals surface area (Å²) in [6.45, 7) is 1.79. The summed E-state index contributed by atoms with van der Waals surface area (Å²) in [6, 6.07) is 7.46. The van der Waals surface area contributed by atoms with Gasteiger partial charge in [0.05, 0.1) is 34.4 Å². The van der Waals surface area contributed by atoms with Gasteiger partial charge in [-0.05, 0) is 37.1 Å². The number of anilines is 1. The molecule has 1 saturated heterocycles. The van der Waals surface area contributed by atoms with Crippen LogP contribution in [0.3, 0.4) is 0 Å². The van der Waals surface area contributed by atoms with Gasteiger partial charge in [-0.25, -0.2) is 18.6 Å². The molecule has 0 bridgehead atoms. The molecule has 7 nitrogen and oxygen atoms in total. The molecule has 0 amide bonds. The van der Waals surface area contributed by atoms with E-state index in [1.54, 1.807) is 25.1 Å². The summed E-state index contributed by atoms with van der Waals surface area (Å²) >= 11 is 7.55. The van der Waals surface area contributed by atoms with Gasteiger partial charge in [0.1, 0.15) is 22.6 Å². The first-order valence-corrected chi connectivity index (χ1v) is 14.7. The third-order valence-electron chi connectivity index (χ3n) is 8.05. The lowest BCUT2D eigenvalue weighted by atomic mass is 9.94. The summed E-state index contributed by atoms with van der Waals surface area (Å²) in [5.41, 5.74) is 0.0315. The predicted octanol–water partition coefficient (Wildman–Crippen LogP) is 7.94. The molecular formula is C29H25ClF5N3O4S. The van der Waals surface area contributed by atoms with Crippen LogP contribution in [0.1, 0.15) is 52.4 Å². The maximum absolute atomic E-state index is 15.8. The smallest absolute Gasteiger partial charge is 0.392 e. The van der Waals surface area contributed by atoms with Crippen molar-refractivity contribution in [1.29, 1.82) is 0 Å². The van der Waals surface area contributed by atoms with Gasteiger partial charge < -0.3 is 19.3 Å². The molecule has 2 aromatic heterocycles. The lowest BCUT2D eigenvalue weighted by molar-refractivity contribution is -0.149. The number of halogens is 6. The minimum absolute atomic E-state index is 0.0583. The number of rotatable bonds is 8. The number of hydrogen-bond donors (Lipinski definition) is 1. The summed E-state index contributed by atoms with van der Waals surface area (Å²) in [6.07, 6.45) is -4.36. The van der Waals surface area contributed by atoms with E-state index in [0.29, 0.717) is 26.0 Å². The van der Waals surface area contributed by atoms with E-state index in [9.17, 15) is 27.5 Å². The lowest BCUT2D eigenvalue weighted by Crippen LogP contribution is -2.44. The normalized spacial score (nSPS) is 20.1.